The molecule has 0 saturated carbocycles. The van der Waals surface area contributed by atoms with Crippen LogP contribution in [0.5, 0.6) is 0 Å². The van der Waals surface area contributed by atoms with E-state index in [0.29, 0.717) is 16.0 Å². The second-order valence-corrected chi connectivity index (χ2v) is 9.84. The van der Waals surface area contributed by atoms with Gasteiger partial charge in [-0.1, -0.05) is 12.1 Å². The van der Waals surface area contributed by atoms with Gasteiger partial charge in [0.05, 0.1) is 22.9 Å². The summed E-state index contributed by atoms with van der Waals surface area (Å²) in [7, 11) is -3.58. The number of nitrogens with one attached hydrogen (secondary N) is 2. The lowest BCUT2D eigenvalue weighted by molar-refractivity contribution is -0.267. The zero-order valence-electron chi connectivity index (χ0n) is 15.3. The first kappa shape index (κ1) is 22.5. The third-order valence-electron chi connectivity index (χ3n) is 3.72. The van der Waals surface area contributed by atoms with Gasteiger partial charge in [0.25, 0.3) is 0 Å². The number of aromatic nitrogens is 1. The highest BCUT2D eigenvalue weighted by atomic mass is 32.2. The molecule has 28 heavy (non-hydrogen) atoms. The lowest BCUT2D eigenvalue weighted by Crippen LogP contribution is -2.52. The van der Waals surface area contributed by atoms with E-state index >= 15 is 0 Å². The highest BCUT2D eigenvalue weighted by Gasteiger charge is 2.58. The SMILES string of the molecule is CC(C)(CNC(=O)CC(O)(c1nc2ccccc2s1)C(F)(F)F)NS(C)(=O)=O. The van der Waals surface area contributed by atoms with E-state index in [9.17, 15) is 31.5 Å². The molecule has 2 rings (SSSR count). The van der Waals surface area contributed by atoms with Crippen LogP contribution in [0.4, 0.5) is 13.2 Å². The molecule has 1 unspecified atom stereocenters. The number of aliphatic hydroxyl groups is 1. The summed E-state index contributed by atoms with van der Waals surface area (Å²) in [5, 5.41) is 12.0. The number of fused-ring (bicyclic) bond motifs is 1. The summed E-state index contributed by atoms with van der Waals surface area (Å²) in [6.07, 6.45) is -5.52. The summed E-state index contributed by atoms with van der Waals surface area (Å²) in [5.74, 6) is -1.09. The molecule has 0 radical (unpaired) electrons. The molecule has 1 aromatic carbocycles. The van der Waals surface area contributed by atoms with Crippen molar-refractivity contribution in [3.8, 4) is 0 Å². The summed E-state index contributed by atoms with van der Waals surface area (Å²) in [6, 6.07) is 6.29. The smallest absolute Gasteiger partial charge is 0.374 e. The van der Waals surface area contributed by atoms with Crippen LogP contribution in [0.3, 0.4) is 0 Å². The maximum Gasteiger partial charge on any atom is 0.424 e. The van der Waals surface area contributed by atoms with Crippen LogP contribution in [0.2, 0.25) is 0 Å². The third kappa shape index (κ3) is 5.40. The zero-order chi connectivity index (χ0) is 21.4. The number of amides is 1. The molecule has 0 spiro atoms. The quantitative estimate of drug-likeness (QED) is 0.611. The Labute approximate surface area is 164 Å². The molecule has 0 aliphatic rings. The predicted octanol–water partition coefficient (Wildman–Crippen LogP) is 1.88. The van der Waals surface area contributed by atoms with Crippen LogP contribution < -0.4 is 10.0 Å². The van der Waals surface area contributed by atoms with E-state index in [-0.39, 0.29) is 12.1 Å². The van der Waals surface area contributed by atoms with Gasteiger partial charge in [0.15, 0.2) is 0 Å². The summed E-state index contributed by atoms with van der Waals surface area (Å²) in [6.45, 7) is 2.64. The Bertz CT molecular complexity index is 940. The van der Waals surface area contributed by atoms with Crippen LogP contribution in [0, 0.1) is 0 Å². The van der Waals surface area contributed by atoms with E-state index in [1.807, 2.05) is 0 Å². The minimum absolute atomic E-state index is 0.271. The molecule has 1 amide bonds. The number of alkyl halides is 3. The molecule has 1 heterocycles. The first-order valence-electron chi connectivity index (χ1n) is 8.04. The van der Waals surface area contributed by atoms with Crippen molar-refractivity contribution in [1.29, 1.82) is 0 Å². The topological polar surface area (TPSA) is 108 Å². The Morgan fingerprint density at radius 3 is 2.39 bits per heavy atom. The Hall–Kier alpha value is -1.76. The minimum atomic E-state index is -5.14. The van der Waals surface area contributed by atoms with Gasteiger partial charge < -0.3 is 10.4 Å². The number of carbonyl (C=O) groups excluding carboxylic acids is 1. The molecule has 1 atom stereocenters. The lowest BCUT2D eigenvalue weighted by Gasteiger charge is -2.29. The molecule has 7 nitrogen and oxygen atoms in total. The van der Waals surface area contributed by atoms with Crippen LogP contribution in [-0.4, -0.2) is 48.9 Å². The fourth-order valence-corrected chi connectivity index (χ4v) is 4.65. The van der Waals surface area contributed by atoms with Crippen molar-refractivity contribution < 1.29 is 31.5 Å². The monoisotopic (exact) mass is 439 g/mol. The van der Waals surface area contributed by atoms with Crippen LogP contribution in [-0.2, 0) is 20.4 Å². The van der Waals surface area contributed by atoms with Gasteiger partial charge in [-0.2, -0.15) is 13.2 Å². The van der Waals surface area contributed by atoms with E-state index in [1.165, 1.54) is 19.9 Å². The fourth-order valence-electron chi connectivity index (χ4n) is 2.50. The first-order chi connectivity index (χ1) is 12.6. The summed E-state index contributed by atoms with van der Waals surface area (Å²) in [5.41, 5.74) is -4.31. The van der Waals surface area contributed by atoms with E-state index in [0.717, 1.165) is 6.26 Å². The molecule has 0 bridgehead atoms. The highest BCUT2D eigenvalue weighted by molar-refractivity contribution is 7.88. The molecule has 0 fully saturated rings. The lowest BCUT2D eigenvalue weighted by atomic mass is 9.98. The summed E-state index contributed by atoms with van der Waals surface area (Å²) < 4.78 is 66.2. The number of halogens is 3. The van der Waals surface area contributed by atoms with Crippen molar-refractivity contribution >= 4 is 37.5 Å². The Morgan fingerprint density at radius 1 is 1.25 bits per heavy atom. The number of carbonyl (C=O) groups is 1. The van der Waals surface area contributed by atoms with Gasteiger partial charge in [-0.25, -0.2) is 18.1 Å². The number of para-hydroxylation sites is 1. The number of nitrogens with zero attached hydrogens (tertiary/aromatic N) is 1. The predicted molar refractivity (Wildman–Crippen MR) is 99.3 cm³/mol. The molecule has 156 valence electrons. The van der Waals surface area contributed by atoms with Gasteiger partial charge in [0.1, 0.15) is 5.01 Å². The molecule has 2 aromatic rings. The molecule has 0 aliphatic heterocycles. The minimum Gasteiger partial charge on any atom is -0.374 e. The van der Waals surface area contributed by atoms with E-state index in [4.69, 9.17) is 0 Å². The van der Waals surface area contributed by atoms with Gasteiger partial charge >= 0.3 is 6.18 Å². The third-order valence-corrected chi connectivity index (χ3v) is 5.83. The van der Waals surface area contributed by atoms with Gasteiger partial charge in [0, 0.05) is 12.1 Å². The summed E-state index contributed by atoms with van der Waals surface area (Å²) >= 11 is 0.652. The van der Waals surface area contributed by atoms with Crippen LogP contribution >= 0.6 is 11.3 Å². The summed E-state index contributed by atoms with van der Waals surface area (Å²) in [4.78, 5) is 16.0. The normalized spacial score (nSPS) is 15.4. The number of thiazole rings is 1. The fraction of sp³-hybridized carbons (Fsp3) is 0.500. The van der Waals surface area contributed by atoms with Crippen molar-refractivity contribution in [3.63, 3.8) is 0 Å². The standard InChI is InChI=1S/C16H20F3N3O4S2/c1-14(2,22-28(3,25)26)9-20-12(23)8-15(24,16(17,18)19)13-21-10-6-4-5-7-11(10)27-13/h4-7,22,24H,8-9H2,1-3H3,(H,20,23). The molecule has 1 aromatic heterocycles. The number of hydrogen-bond acceptors (Lipinski definition) is 6. The second-order valence-electron chi connectivity index (χ2n) is 7.06. The molecule has 0 aliphatic carbocycles. The van der Waals surface area contributed by atoms with Gasteiger partial charge in [0.2, 0.25) is 21.5 Å². The number of sulfonamides is 1. The maximum atomic E-state index is 13.6. The second kappa shape index (κ2) is 7.58. The van der Waals surface area contributed by atoms with Gasteiger partial charge in [-0.15, -0.1) is 11.3 Å². The number of benzene rings is 1. The Balaban J connectivity index is 2.21. The molecular formula is C16H20F3N3O4S2. The van der Waals surface area contributed by atoms with Gasteiger partial charge in [-0.05, 0) is 26.0 Å². The van der Waals surface area contributed by atoms with E-state index in [2.05, 4.69) is 15.0 Å². The largest absolute Gasteiger partial charge is 0.424 e. The highest BCUT2D eigenvalue weighted by Crippen LogP contribution is 2.44. The Morgan fingerprint density at radius 2 is 1.86 bits per heavy atom. The average molecular weight is 439 g/mol. The van der Waals surface area contributed by atoms with Crippen LogP contribution in [0.1, 0.15) is 25.3 Å². The van der Waals surface area contributed by atoms with Crippen molar-refractivity contribution in [2.24, 2.45) is 0 Å². The van der Waals surface area contributed by atoms with Crippen molar-refractivity contribution in [1.82, 2.24) is 15.0 Å². The van der Waals surface area contributed by atoms with Crippen LogP contribution in [0.15, 0.2) is 24.3 Å². The molecule has 3 N–H and O–H groups in total. The Kier molecular flexibility index (Phi) is 6.10. The number of rotatable bonds is 7. The average Bonchev–Trinajstić information content (AvgIpc) is 2.94. The van der Waals surface area contributed by atoms with Crippen molar-refractivity contribution in [3.05, 3.63) is 29.3 Å². The number of hydrogen-bond donors (Lipinski definition) is 3. The molecule has 12 heteroatoms. The zero-order valence-corrected chi connectivity index (χ0v) is 16.9. The van der Waals surface area contributed by atoms with E-state index in [1.54, 1.807) is 18.2 Å². The van der Waals surface area contributed by atoms with Crippen molar-refractivity contribution in [2.45, 2.75) is 37.6 Å². The van der Waals surface area contributed by atoms with Crippen LogP contribution in [0.25, 0.3) is 10.2 Å². The van der Waals surface area contributed by atoms with Crippen molar-refractivity contribution in [2.75, 3.05) is 12.8 Å². The maximum absolute atomic E-state index is 13.6. The molecular weight excluding hydrogens is 419 g/mol. The van der Waals surface area contributed by atoms with E-state index < -0.39 is 44.7 Å². The van der Waals surface area contributed by atoms with Gasteiger partial charge in [-0.3, -0.25) is 4.79 Å². The molecule has 0 saturated heterocycles. The first-order valence-corrected chi connectivity index (χ1v) is 10.7.